The van der Waals surface area contributed by atoms with Crippen molar-refractivity contribution in [2.45, 2.75) is 18.6 Å². The van der Waals surface area contributed by atoms with E-state index >= 15 is 0 Å². The van der Waals surface area contributed by atoms with Gasteiger partial charge < -0.3 is 5.11 Å². The van der Waals surface area contributed by atoms with E-state index in [0.29, 0.717) is 13.0 Å². The first-order valence-electron chi connectivity index (χ1n) is 5.96. The van der Waals surface area contributed by atoms with Crippen molar-refractivity contribution in [1.82, 2.24) is 9.88 Å². The first kappa shape index (κ1) is 13.5. The Bertz CT molecular complexity index is 489. The molecule has 1 N–H and O–H groups in total. The zero-order chi connectivity index (χ0) is 13.2. The molecule has 1 aromatic rings. The van der Waals surface area contributed by atoms with E-state index in [-0.39, 0.29) is 17.5 Å². The lowest BCUT2D eigenvalue weighted by Crippen LogP contribution is -2.35. The lowest BCUT2D eigenvalue weighted by Gasteiger charge is -2.25. The van der Waals surface area contributed by atoms with E-state index in [1.54, 1.807) is 24.5 Å². The van der Waals surface area contributed by atoms with E-state index in [1.807, 2.05) is 11.9 Å². The Balaban J connectivity index is 1.94. The number of hydrogen-bond acceptors (Lipinski definition) is 5. The number of likely N-dealkylation sites (N-methyl/N-ethyl adjacent to an activating group) is 1. The van der Waals surface area contributed by atoms with Gasteiger partial charge in [0.05, 0.1) is 17.6 Å². The smallest absolute Gasteiger partial charge is 0.151 e. The zero-order valence-corrected chi connectivity index (χ0v) is 11.2. The number of pyridine rings is 1. The maximum atomic E-state index is 11.4. The average Bonchev–Trinajstić information content (AvgIpc) is 2.71. The minimum Gasteiger partial charge on any atom is -0.387 e. The normalized spacial score (nSPS) is 24.3. The maximum absolute atomic E-state index is 11.4. The van der Waals surface area contributed by atoms with Gasteiger partial charge in [-0.2, -0.15) is 0 Å². The fourth-order valence-corrected chi connectivity index (χ4v) is 4.04. The summed E-state index contributed by atoms with van der Waals surface area (Å²) >= 11 is 0. The molecule has 0 amide bonds. The number of aliphatic hydroxyl groups excluding tert-OH is 1. The Morgan fingerprint density at radius 1 is 1.50 bits per heavy atom. The first-order chi connectivity index (χ1) is 8.48. The predicted octanol–water partition coefficient (Wildman–Crippen LogP) is 0.234. The van der Waals surface area contributed by atoms with Gasteiger partial charge in [-0.25, -0.2) is 8.42 Å². The fraction of sp³-hybridized carbons (Fsp3) is 0.583. The van der Waals surface area contributed by atoms with Crippen molar-refractivity contribution < 1.29 is 13.5 Å². The summed E-state index contributed by atoms with van der Waals surface area (Å²) in [4.78, 5) is 5.83. The van der Waals surface area contributed by atoms with Crippen LogP contribution < -0.4 is 0 Å². The van der Waals surface area contributed by atoms with E-state index in [0.717, 1.165) is 5.56 Å². The van der Waals surface area contributed by atoms with Crippen LogP contribution in [0.3, 0.4) is 0 Å². The van der Waals surface area contributed by atoms with E-state index in [4.69, 9.17) is 0 Å². The number of aromatic nitrogens is 1. The van der Waals surface area contributed by atoms with Gasteiger partial charge in [-0.15, -0.1) is 0 Å². The molecule has 0 aromatic carbocycles. The van der Waals surface area contributed by atoms with Crippen LogP contribution in [0.2, 0.25) is 0 Å². The highest BCUT2D eigenvalue weighted by Gasteiger charge is 2.31. The van der Waals surface area contributed by atoms with Crippen LogP contribution in [0.4, 0.5) is 0 Å². The van der Waals surface area contributed by atoms with Gasteiger partial charge in [-0.05, 0) is 31.2 Å². The van der Waals surface area contributed by atoms with Crippen molar-refractivity contribution in [3.63, 3.8) is 0 Å². The Morgan fingerprint density at radius 3 is 2.72 bits per heavy atom. The standard InChI is InChI=1S/C12H18N2O3S/c1-14(11-4-7-18(16,17)9-11)8-12(15)10-2-5-13-6-3-10/h2-3,5-6,11-12,15H,4,7-9H2,1H3. The first-order valence-corrected chi connectivity index (χ1v) is 7.79. The summed E-state index contributed by atoms with van der Waals surface area (Å²) in [6.45, 7) is 0.435. The molecule has 0 saturated carbocycles. The third-order valence-corrected chi connectivity index (χ3v) is 5.13. The Hall–Kier alpha value is -0.980. The van der Waals surface area contributed by atoms with Crippen LogP contribution in [0.15, 0.2) is 24.5 Å². The molecule has 1 aliphatic rings. The molecule has 6 heteroatoms. The molecule has 2 unspecified atom stereocenters. The number of hydrogen-bond donors (Lipinski definition) is 1. The summed E-state index contributed by atoms with van der Waals surface area (Å²) < 4.78 is 22.8. The fourth-order valence-electron chi connectivity index (χ4n) is 2.24. The average molecular weight is 270 g/mol. The summed E-state index contributed by atoms with van der Waals surface area (Å²) in [6, 6.07) is 3.56. The van der Waals surface area contributed by atoms with Crippen LogP contribution in [-0.4, -0.2) is 54.5 Å². The second-order valence-electron chi connectivity index (χ2n) is 4.79. The highest BCUT2D eigenvalue weighted by Crippen LogP contribution is 2.19. The molecule has 18 heavy (non-hydrogen) atoms. The van der Waals surface area contributed by atoms with E-state index in [2.05, 4.69) is 4.98 Å². The Morgan fingerprint density at radius 2 is 2.17 bits per heavy atom. The van der Waals surface area contributed by atoms with Crippen LogP contribution in [0, 0.1) is 0 Å². The third-order valence-electron chi connectivity index (χ3n) is 3.38. The molecule has 2 heterocycles. The summed E-state index contributed by atoms with van der Waals surface area (Å²) in [5.74, 6) is 0.458. The summed E-state index contributed by atoms with van der Waals surface area (Å²) in [6.07, 6.45) is 3.32. The van der Waals surface area contributed by atoms with E-state index < -0.39 is 15.9 Å². The summed E-state index contributed by atoms with van der Waals surface area (Å²) in [7, 11) is -1.02. The van der Waals surface area contributed by atoms with Crippen LogP contribution >= 0.6 is 0 Å². The molecule has 0 radical (unpaired) electrons. The molecule has 1 saturated heterocycles. The SMILES string of the molecule is CN(CC(O)c1ccncc1)C1CCS(=O)(=O)C1. The monoisotopic (exact) mass is 270 g/mol. The quantitative estimate of drug-likeness (QED) is 0.848. The summed E-state index contributed by atoms with van der Waals surface area (Å²) in [5, 5.41) is 10.1. The molecule has 1 aliphatic heterocycles. The van der Waals surface area contributed by atoms with Crippen molar-refractivity contribution in [3.05, 3.63) is 30.1 Å². The van der Waals surface area contributed by atoms with Crippen molar-refractivity contribution >= 4 is 9.84 Å². The van der Waals surface area contributed by atoms with Crippen molar-refractivity contribution in [3.8, 4) is 0 Å². The molecule has 100 valence electrons. The van der Waals surface area contributed by atoms with E-state index in [9.17, 15) is 13.5 Å². The van der Waals surface area contributed by atoms with Gasteiger partial charge in [0.2, 0.25) is 0 Å². The number of sulfone groups is 1. The molecule has 2 rings (SSSR count). The number of aliphatic hydroxyl groups is 1. The zero-order valence-electron chi connectivity index (χ0n) is 10.4. The molecule has 0 bridgehead atoms. The van der Waals surface area contributed by atoms with Gasteiger partial charge in [0.15, 0.2) is 9.84 Å². The minimum absolute atomic E-state index is 0.0199. The Labute approximate surface area is 107 Å². The lowest BCUT2D eigenvalue weighted by molar-refractivity contribution is 0.110. The molecular weight excluding hydrogens is 252 g/mol. The largest absolute Gasteiger partial charge is 0.387 e. The Kier molecular flexibility index (Phi) is 3.99. The minimum atomic E-state index is -2.87. The molecule has 0 spiro atoms. The van der Waals surface area contributed by atoms with Crippen molar-refractivity contribution in [1.29, 1.82) is 0 Å². The second kappa shape index (κ2) is 5.34. The van der Waals surface area contributed by atoms with Gasteiger partial charge >= 0.3 is 0 Å². The lowest BCUT2D eigenvalue weighted by atomic mass is 10.1. The second-order valence-corrected chi connectivity index (χ2v) is 7.02. The highest BCUT2D eigenvalue weighted by molar-refractivity contribution is 7.91. The van der Waals surface area contributed by atoms with Crippen molar-refractivity contribution in [2.75, 3.05) is 25.1 Å². The molecule has 1 fully saturated rings. The van der Waals surface area contributed by atoms with Crippen LogP contribution in [-0.2, 0) is 9.84 Å². The molecule has 0 aliphatic carbocycles. The molecular formula is C12H18N2O3S. The molecule has 5 nitrogen and oxygen atoms in total. The van der Waals surface area contributed by atoms with Crippen LogP contribution in [0.25, 0.3) is 0 Å². The van der Waals surface area contributed by atoms with Gasteiger partial charge in [0.1, 0.15) is 0 Å². The van der Waals surface area contributed by atoms with Gasteiger partial charge in [0.25, 0.3) is 0 Å². The number of nitrogens with zero attached hydrogens (tertiary/aromatic N) is 2. The van der Waals surface area contributed by atoms with Gasteiger partial charge in [-0.1, -0.05) is 0 Å². The van der Waals surface area contributed by atoms with Crippen LogP contribution in [0.5, 0.6) is 0 Å². The maximum Gasteiger partial charge on any atom is 0.151 e. The topological polar surface area (TPSA) is 70.5 Å². The van der Waals surface area contributed by atoms with Gasteiger partial charge in [0, 0.05) is 25.0 Å². The van der Waals surface area contributed by atoms with Crippen LogP contribution in [0.1, 0.15) is 18.1 Å². The summed E-state index contributed by atoms with van der Waals surface area (Å²) in [5.41, 5.74) is 0.803. The van der Waals surface area contributed by atoms with Gasteiger partial charge in [-0.3, -0.25) is 9.88 Å². The predicted molar refractivity (Wildman–Crippen MR) is 68.9 cm³/mol. The number of rotatable bonds is 4. The molecule has 1 aromatic heterocycles. The molecule has 2 atom stereocenters. The van der Waals surface area contributed by atoms with E-state index in [1.165, 1.54) is 0 Å². The highest BCUT2D eigenvalue weighted by atomic mass is 32.2. The third kappa shape index (κ3) is 3.28. The van der Waals surface area contributed by atoms with Crippen molar-refractivity contribution in [2.24, 2.45) is 0 Å².